The fourth-order valence-corrected chi connectivity index (χ4v) is 1.79. The zero-order valence-electron chi connectivity index (χ0n) is 10.7. The molecule has 0 bridgehead atoms. The molecule has 0 aliphatic carbocycles. The van der Waals surface area contributed by atoms with Crippen molar-refractivity contribution in [2.75, 3.05) is 17.7 Å². The Hall–Kier alpha value is -2.34. The van der Waals surface area contributed by atoms with Crippen molar-refractivity contribution >= 4 is 28.9 Å². The van der Waals surface area contributed by atoms with Crippen LogP contribution in [0.4, 0.5) is 20.2 Å². The third-order valence-electron chi connectivity index (χ3n) is 2.52. The molecule has 0 unspecified atom stereocenters. The van der Waals surface area contributed by atoms with Crippen molar-refractivity contribution in [1.29, 1.82) is 0 Å². The van der Waals surface area contributed by atoms with E-state index < -0.39 is 17.5 Å². The standard InChI is InChI=1S/C14H11ClF2N2O2/c15-8-2-1-3-10(4-8)21-7-13(20)19-14-11(17)5-9(16)6-12(14)18/h1-6H,7,18H2,(H,19,20). The lowest BCUT2D eigenvalue weighted by Crippen LogP contribution is -2.21. The number of benzene rings is 2. The molecule has 2 aromatic rings. The first kappa shape index (κ1) is 15.1. The number of nitrogen functional groups attached to an aromatic ring is 1. The van der Waals surface area contributed by atoms with Crippen LogP contribution in [0.3, 0.4) is 0 Å². The predicted octanol–water partition coefficient (Wildman–Crippen LogP) is 3.22. The smallest absolute Gasteiger partial charge is 0.262 e. The van der Waals surface area contributed by atoms with Gasteiger partial charge in [0, 0.05) is 11.1 Å². The monoisotopic (exact) mass is 312 g/mol. The van der Waals surface area contributed by atoms with Crippen LogP contribution in [0.2, 0.25) is 5.02 Å². The summed E-state index contributed by atoms with van der Waals surface area (Å²) in [5.41, 5.74) is 4.96. The van der Waals surface area contributed by atoms with E-state index in [0.29, 0.717) is 16.8 Å². The van der Waals surface area contributed by atoms with E-state index in [1.54, 1.807) is 18.2 Å². The number of nitrogens with two attached hydrogens (primary N) is 1. The van der Waals surface area contributed by atoms with Crippen LogP contribution in [0.15, 0.2) is 36.4 Å². The summed E-state index contributed by atoms with van der Waals surface area (Å²) < 4.78 is 31.6. The van der Waals surface area contributed by atoms with Gasteiger partial charge in [-0.1, -0.05) is 17.7 Å². The van der Waals surface area contributed by atoms with Gasteiger partial charge in [0.05, 0.1) is 5.69 Å². The Balaban J connectivity index is 1.99. The third kappa shape index (κ3) is 4.06. The molecule has 3 N–H and O–H groups in total. The Morgan fingerprint density at radius 1 is 1.29 bits per heavy atom. The molecule has 0 heterocycles. The summed E-state index contributed by atoms with van der Waals surface area (Å²) in [4.78, 5) is 11.7. The average Bonchev–Trinajstić information content (AvgIpc) is 2.40. The predicted molar refractivity (Wildman–Crippen MR) is 76.3 cm³/mol. The average molecular weight is 313 g/mol. The molecule has 0 aliphatic rings. The van der Waals surface area contributed by atoms with Crippen molar-refractivity contribution in [3.8, 4) is 5.75 Å². The van der Waals surface area contributed by atoms with Crippen LogP contribution < -0.4 is 15.8 Å². The second-order valence-electron chi connectivity index (χ2n) is 4.15. The van der Waals surface area contributed by atoms with E-state index in [1.165, 1.54) is 6.07 Å². The van der Waals surface area contributed by atoms with Crippen molar-refractivity contribution < 1.29 is 18.3 Å². The first-order valence-electron chi connectivity index (χ1n) is 5.88. The topological polar surface area (TPSA) is 64.3 Å². The zero-order chi connectivity index (χ0) is 15.4. The molecule has 110 valence electrons. The van der Waals surface area contributed by atoms with Gasteiger partial charge in [0.1, 0.15) is 17.3 Å². The van der Waals surface area contributed by atoms with Gasteiger partial charge in [0.15, 0.2) is 12.4 Å². The summed E-state index contributed by atoms with van der Waals surface area (Å²) in [6, 6.07) is 8.00. The van der Waals surface area contributed by atoms with E-state index in [2.05, 4.69) is 5.32 Å². The van der Waals surface area contributed by atoms with Gasteiger partial charge in [0.25, 0.3) is 5.91 Å². The fraction of sp³-hybridized carbons (Fsp3) is 0.0714. The van der Waals surface area contributed by atoms with Crippen LogP contribution >= 0.6 is 11.6 Å². The molecule has 0 spiro atoms. The second kappa shape index (κ2) is 6.41. The molecule has 0 radical (unpaired) electrons. The largest absolute Gasteiger partial charge is 0.484 e. The van der Waals surface area contributed by atoms with Gasteiger partial charge in [-0.2, -0.15) is 0 Å². The highest BCUT2D eigenvalue weighted by Crippen LogP contribution is 2.24. The first-order valence-corrected chi connectivity index (χ1v) is 6.26. The summed E-state index contributed by atoms with van der Waals surface area (Å²) in [7, 11) is 0. The van der Waals surface area contributed by atoms with E-state index in [-0.39, 0.29) is 18.0 Å². The number of carbonyl (C=O) groups is 1. The molecule has 4 nitrogen and oxygen atoms in total. The van der Waals surface area contributed by atoms with Crippen LogP contribution in [0.1, 0.15) is 0 Å². The fourth-order valence-electron chi connectivity index (χ4n) is 1.61. The molecule has 0 aromatic heterocycles. The van der Waals surface area contributed by atoms with Crippen LogP contribution in [0, 0.1) is 11.6 Å². The van der Waals surface area contributed by atoms with E-state index >= 15 is 0 Å². The Morgan fingerprint density at radius 3 is 2.71 bits per heavy atom. The number of carbonyl (C=O) groups excluding carboxylic acids is 1. The van der Waals surface area contributed by atoms with Crippen molar-refractivity contribution in [2.24, 2.45) is 0 Å². The molecule has 2 aromatic carbocycles. The van der Waals surface area contributed by atoms with E-state index in [4.69, 9.17) is 22.1 Å². The lowest BCUT2D eigenvalue weighted by atomic mass is 10.2. The minimum absolute atomic E-state index is 0.205. The number of rotatable bonds is 4. The summed E-state index contributed by atoms with van der Waals surface area (Å²) in [6.45, 7) is -0.364. The normalized spacial score (nSPS) is 10.2. The maximum atomic E-state index is 13.5. The molecule has 0 aliphatic heterocycles. The van der Waals surface area contributed by atoms with Gasteiger partial charge in [0.2, 0.25) is 0 Å². The Kier molecular flexibility index (Phi) is 4.59. The number of anilines is 2. The number of nitrogens with one attached hydrogen (secondary N) is 1. The zero-order valence-corrected chi connectivity index (χ0v) is 11.5. The van der Waals surface area contributed by atoms with E-state index in [1.807, 2.05) is 0 Å². The van der Waals surface area contributed by atoms with Gasteiger partial charge in [-0.15, -0.1) is 0 Å². The molecule has 0 saturated heterocycles. The summed E-state index contributed by atoms with van der Waals surface area (Å²) >= 11 is 5.76. The molecule has 21 heavy (non-hydrogen) atoms. The van der Waals surface area contributed by atoms with Crippen LogP contribution in [-0.2, 0) is 4.79 Å². The molecular weight excluding hydrogens is 302 g/mol. The van der Waals surface area contributed by atoms with Crippen molar-refractivity contribution in [2.45, 2.75) is 0 Å². The van der Waals surface area contributed by atoms with Crippen molar-refractivity contribution in [3.05, 3.63) is 53.1 Å². The van der Waals surface area contributed by atoms with Gasteiger partial charge in [-0.05, 0) is 24.3 Å². The molecule has 1 amide bonds. The van der Waals surface area contributed by atoms with Crippen LogP contribution in [0.5, 0.6) is 5.75 Å². The van der Waals surface area contributed by atoms with Gasteiger partial charge >= 0.3 is 0 Å². The molecule has 0 atom stereocenters. The van der Waals surface area contributed by atoms with Gasteiger partial charge in [-0.25, -0.2) is 8.78 Å². The molecule has 7 heteroatoms. The first-order chi connectivity index (χ1) is 9.95. The minimum atomic E-state index is -0.955. The molecule has 0 fully saturated rings. The summed E-state index contributed by atoms with van der Waals surface area (Å²) in [6.07, 6.45) is 0. The summed E-state index contributed by atoms with van der Waals surface area (Å²) in [5, 5.41) is 2.69. The van der Waals surface area contributed by atoms with Crippen LogP contribution in [-0.4, -0.2) is 12.5 Å². The SMILES string of the molecule is Nc1cc(F)cc(F)c1NC(=O)COc1cccc(Cl)c1. The highest BCUT2D eigenvalue weighted by Gasteiger charge is 2.12. The number of halogens is 3. The van der Waals surface area contributed by atoms with Crippen LogP contribution in [0.25, 0.3) is 0 Å². The Morgan fingerprint density at radius 2 is 2.05 bits per heavy atom. The quantitative estimate of drug-likeness (QED) is 0.852. The number of amides is 1. The minimum Gasteiger partial charge on any atom is -0.484 e. The van der Waals surface area contributed by atoms with E-state index in [9.17, 15) is 13.6 Å². The lowest BCUT2D eigenvalue weighted by molar-refractivity contribution is -0.118. The van der Waals surface area contributed by atoms with Crippen molar-refractivity contribution in [3.63, 3.8) is 0 Å². The summed E-state index contributed by atoms with van der Waals surface area (Å²) in [5.74, 6) is -2.01. The molecule has 2 rings (SSSR count). The molecular formula is C14H11ClF2N2O2. The Labute approximate surface area is 124 Å². The van der Waals surface area contributed by atoms with Gasteiger partial charge in [-0.3, -0.25) is 4.79 Å². The lowest BCUT2D eigenvalue weighted by Gasteiger charge is -2.10. The van der Waals surface area contributed by atoms with Crippen molar-refractivity contribution in [1.82, 2.24) is 0 Å². The molecule has 0 saturated carbocycles. The van der Waals surface area contributed by atoms with Gasteiger partial charge < -0.3 is 15.8 Å². The number of hydrogen-bond acceptors (Lipinski definition) is 3. The third-order valence-corrected chi connectivity index (χ3v) is 2.75. The number of ether oxygens (including phenoxy) is 1. The number of hydrogen-bond donors (Lipinski definition) is 2. The van der Waals surface area contributed by atoms with E-state index in [0.717, 1.165) is 6.07 Å². The highest BCUT2D eigenvalue weighted by atomic mass is 35.5. The maximum Gasteiger partial charge on any atom is 0.262 e. The maximum absolute atomic E-state index is 13.5. The highest BCUT2D eigenvalue weighted by molar-refractivity contribution is 6.30. The second-order valence-corrected chi connectivity index (χ2v) is 4.58. The Bertz CT molecular complexity index is 657.